The second kappa shape index (κ2) is 8.28. The Morgan fingerprint density at radius 2 is 2.10 bits per heavy atom. The fourth-order valence-electron chi connectivity index (χ4n) is 2.93. The minimum Gasteiger partial charge on any atom is -0.497 e. The fraction of sp³-hybridized carbons (Fsp3) is 0.647. The first-order chi connectivity index (χ1) is 9.81. The van der Waals surface area contributed by atoms with Gasteiger partial charge >= 0.3 is 0 Å². The lowest BCUT2D eigenvalue weighted by molar-refractivity contribution is 0.165. The molecule has 3 nitrogen and oxygen atoms in total. The van der Waals surface area contributed by atoms with Gasteiger partial charge in [-0.3, -0.25) is 4.90 Å². The molecule has 112 valence electrons. The van der Waals surface area contributed by atoms with Gasteiger partial charge in [0.2, 0.25) is 0 Å². The quantitative estimate of drug-likeness (QED) is 0.775. The van der Waals surface area contributed by atoms with Gasteiger partial charge in [-0.25, -0.2) is 0 Å². The molecule has 0 amide bonds. The number of benzene rings is 1. The Morgan fingerprint density at radius 3 is 2.80 bits per heavy atom. The van der Waals surface area contributed by atoms with E-state index >= 15 is 0 Å². The maximum Gasteiger partial charge on any atom is 0.118 e. The van der Waals surface area contributed by atoms with E-state index in [-0.39, 0.29) is 0 Å². The van der Waals surface area contributed by atoms with Crippen LogP contribution in [0.2, 0.25) is 0 Å². The van der Waals surface area contributed by atoms with Crippen molar-refractivity contribution in [2.45, 2.75) is 32.7 Å². The van der Waals surface area contributed by atoms with Crippen LogP contribution in [0.3, 0.4) is 0 Å². The highest BCUT2D eigenvalue weighted by Gasteiger charge is 2.19. The minimum atomic E-state index is 0.813. The average Bonchev–Trinajstić information content (AvgIpc) is 2.49. The lowest BCUT2D eigenvalue weighted by atomic mass is 9.97. The normalized spacial score (nSPS) is 20.0. The molecule has 1 saturated heterocycles. The molecule has 0 saturated carbocycles. The van der Waals surface area contributed by atoms with Gasteiger partial charge in [0.05, 0.1) is 7.11 Å². The molecule has 1 aliphatic rings. The fourth-order valence-corrected chi connectivity index (χ4v) is 2.93. The zero-order valence-electron chi connectivity index (χ0n) is 12.9. The van der Waals surface area contributed by atoms with Gasteiger partial charge in [0.15, 0.2) is 0 Å². The highest BCUT2D eigenvalue weighted by atomic mass is 16.5. The van der Waals surface area contributed by atoms with Crippen molar-refractivity contribution in [3.05, 3.63) is 29.8 Å². The Hall–Kier alpha value is -1.06. The van der Waals surface area contributed by atoms with E-state index in [1.165, 1.54) is 44.5 Å². The molecule has 1 fully saturated rings. The van der Waals surface area contributed by atoms with Crippen molar-refractivity contribution in [1.82, 2.24) is 10.2 Å². The smallest absolute Gasteiger partial charge is 0.118 e. The van der Waals surface area contributed by atoms with Crippen LogP contribution in [0.1, 0.15) is 31.7 Å². The van der Waals surface area contributed by atoms with Crippen molar-refractivity contribution in [3.63, 3.8) is 0 Å². The summed E-state index contributed by atoms with van der Waals surface area (Å²) in [5.41, 5.74) is 1.38. The van der Waals surface area contributed by atoms with Crippen molar-refractivity contribution >= 4 is 0 Å². The van der Waals surface area contributed by atoms with E-state index in [0.717, 1.165) is 24.8 Å². The molecule has 2 rings (SSSR count). The van der Waals surface area contributed by atoms with Gasteiger partial charge in [-0.15, -0.1) is 0 Å². The first-order valence-corrected chi connectivity index (χ1v) is 7.87. The summed E-state index contributed by atoms with van der Waals surface area (Å²) in [6.45, 7) is 8.07. The predicted molar refractivity (Wildman–Crippen MR) is 84.2 cm³/mol. The summed E-state index contributed by atoms with van der Waals surface area (Å²) in [4.78, 5) is 2.59. The molecule has 0 bridgehead atoms. The number of hydrogen-bond donors (Lipinski definition) is 1. The Kier molecular flexibility index (Phi) is 6.34. The van der Waals surface area contributed by atoms with E-state index in [4.69, 9.17) is 4.74 Å². The largest absolute Gasteiger partial charge is 0.497 e. The zero-order chi connectivity index (χ0) is 14.2. The van der Waals surface area contributed by atoms with Gasteiger partial charge in [-0.1, -0.05) is 19.1 Å². The SMILES string of the molecule is CCCNCC1CCCN(Cc2ccc(OC)cc2)C1. The van der Waals surface area contributed by atoms with Crippen LogP contribution in [0.4, 0.5) is 0 Å². The van der Waals surface area contributed by atoms with Crippen LogP contribution >= 0.6 is 0 Å². The second-order valence-electron chi connectivity index (χ2n) is 5.80. The average molecular weight is 276 g/mol. The van der Waals surface area contributed by atoms with Gasteiger partial charge in [0, 0.05) is 13.1 Å². The van der Waals surface area contributed by atoms with E-state index in [9.17, 15) is 0 Å². The number of methoxy groups -OCH3 is 1. The Bertz CT molecular complexity index is 377. The third-order valence-corrected chi connectivity index (χ3v) is 4.03. The second-order valence-corrected chi connectivity index (χ2v) is 5.80. The predicted octanol–water partition coefficient (Wildman–Crippen LogP) is 2.91. The number of hydrogen-bond acceptors (Lipinski definition) is 3. The van der Waals surface area contributed by atoms with Crippen LogP contribution in [0.15, 0.2) is 24.3 Å². The third-order valence-electron chi connectivity index (χ3n) is 4.03. The van der Waals surface area contributed by atoms with Crippen LogP contribution in [-0.2, 0) is 6.54 Å². The van der Waals surface area contributed by atoms with E-state index in [0.29, 0.717) is 0 Å². The van der Waals surface area contributed by atoms with E-state index in [1.54, 1.807) is 7.11 Å². The Labute approximate surface area is 123 Å². The molecule has 1 N–H and O–H groups in total. The zero-order valence-corrected chi connectivity index (χ0v) is 12.9. The van der Waals surface area contributed by atoms with Gasteiger partial charge in [-0.2, -0.15) is 0 Å². The van der Waals surface area contributed by atoms with Crippen LogP contribution in [0, 0.1) is 5.92 Å². The van der Waals surface area contributed by atoms with E-state index in [2.05, 4.69) is 41.4 Å². The van der Waals surface area contributed by atoms with Crippen molar-refractivity contribution in [3.8, 4) is 5.75 Å². The monoisotopic (exact) mass is 276 g/mol. The third kappa shape index (κ3) is 4.80. The maximum absolute atomic E-state index is 5.21. The summed E-state index contributed by atoms with van der Waals surface area (Å²) in [6, 6.07) is 8.47. The minimum absolute atomic E-state index is 0.813. The summed E-state index contributed by atoms with van der Waals surface area (Å²) in [5, 5.41) is 3.56. The van der Waals surface area contributed by atoms with Gasteiger partial charge in [0.1, 0.15) is 5.75 Å². The molecule has 0 aromatic heterocycles. The van der Waals surface area contributed by atoms with Gasteiger partial charge in [0.25, 0.3) is 0 Å². The van der Waals surface area contributed by atoms with Gasteiger partial charge < -0.3 is 10.1 Å². The topological polar surface area (TPSA) is 24.5 Å². The maximum atomic E-state index is 5.21. The van der Waals surface area contributed by atoms with Crippen molar-refractivity contribution in [1.29, 1.82) is 0 Å². The number of piperidine rings is 1. The molecule has 1 aromatic carbocycles. The molecule has 3 heteroatoms. The molecule has 1 atom stereocenters. The number of nitrogens with zero attached hydrogens (tertiary/aromatic N) is 1. The molecule has 1 aromatic rings. The summed E-state index contributed by atoms with van der Waals surface area (Å²) in [7, 11) is 1.72. The lowest BCUT2D eigenvalue weighted by Crippen LogP contribution is -2.39. The van der Waals surface area contributed by atoms with Crippen LogP contribution in [0.5, 0.6) is 5.75 Å². The molecule has 1 heterocycles. The lowest BCUT2D eigenvalue weighted by Gasteiger charge is -2.33. The van der Waals surface area contributed by atoms with Crippen molar-refractivity contribution in [2.24, 2.45) is 5.92 Å². The first-order valence-electron chi connectivity index (χ1n) is 7.87. The summed E-state index contributed by atoms with van der Waals surface area (Å²) in [6.07, 6.45) is 3.92. The van der Waals surface area contributed by atoms with E-state index in [1.807, 2.05) is 0 Å². The molecule has 1 aliphatic heterocycles. The number of likely N-dealkylation sites (tertiary alicyclic amines) is 1. The molecule has 0 spiro atoms. The first kappa shape index (κ1) is 15.3. The van der Waals surface area contributed by atoms with Crippen LogP contribution < -0.4 is 10.1 Å². The molecule has 1 unspecified atom stereocenters. The summed E-state index contributed by atoms with van der Waals surface area (Å²) in [5.74, 6) is 1.75. The molecule has 20 heavy (non-hydrogen) atoms. The van der Waals surface area contributed by atoms with Crippen LogP contribution in [-0.4, -0.2) is 38.2 Å². The van der Waals surface area contributed by atoms with Crippen molar-refractivity contribution < 1.29 is 4.74 Å². The summed E-state index contributed by atoms with van der Waals surface area (Å²) < 4.78 is 5.21. The van der Waals surface area contributed by atoms with E-state index < -0.39 is 0 Å². The van der Waals surface area contributed by atoms with Crippen LogP contribution in [0.25, 0.3) is 0 Å². The highest BCUT2D eigenvalue weighted by Crippen LogP contribution is 2.19. The van der Waals surface area contributed by atoms with Gasteiger partial charge in [-0.05, 0) is 62.5 Å². The standard InChI is InChI=1S/C17H28N2O/c1-3-10-18-12-16-5-4-11-19(14-16)13-15-6-8-17(20-2)9-7-15/h6-9,16,18H,3-5,10-14H2,1-2H3. The molecular formula is C17H28N2O. The Balaban J connectivity index is 1.79. The summed E-state index contributed by atoms with van der Waals surface area (Å²) >= 11 is 0. The Morgan fingerprint density at radius 1 is 1.30 bits per heavy atom. The molecular weight excluding hydrogens is 248 g/mol. The number of ether oxygens (including phenoxy) is 1. The highest BCUT2D eigenvalue weighted by molar-refractivity contribution is 5.27. The molecule has 0 aliphatic carbocycles. The number of rotatable bonds is 7. The number of nitrogens with one attached hydrogen (secondary N) is 1. The van der Waals surface area contributed by atoms with Crippen molar-refractivity contribution in [2.75, 3.05) is 33.3 Å². The molecule has 0 radical (unpaired) electrons.